The van der Waals surface area contributed by atoms with Crippen molar-refractivity contribution in [1.82, 2.24) is 14.5 Å². The molecule has 0 atom stereocenters. The Bertz CT molecular complexity index is 3450. The molecule has 0 spiro atoms. The van der Waals surface area contributed by atoms with E-state index in [-0.39, 0.29) is 0 Å². The first-order chi connectivity index (χ1) is 28.3. The van der Waals surface area contributed by atoms with Crippen molar-refractivity contribution in [2.24, 2.45) is 0 Å². The van der Waals surface area contributed by atoms with Crippen molar-refractivity contribution in [3.8, 4) is 50.6 Å². The van der Waals surface area contributed by atoms with Gasteiger partial charge in [-0.05, 0) is 53.6 Å². The summed E-state index contributed by atoms with van der Waals surface area (Å²) < 4.78 is 11.4. The van der Waals surface area contributed by atoms with E-state index in [0.29, 0.717) is 5.82 Å². The van der Waals surface area contributed by atoms with E-state index >= 15 is 0 Å². The van der Waals surface area contributed by atoms with E-state index < -0.39 is 0 Å². The Kier molecular flexibility index (Phi) is 7.06. The van der Waals surface area contributed by atoms with Crippen LogP contribution in [0.2, 0.25) is 0 Å². The summed E-state index contributed by atoms with van der Waals surface area (Å²) in [6.45, 7) is 0. The first kappa shape index (κ1) is 32.0. The van der Waals surface area contributed by atoms with Crippen LogP contribution in [0, 0.1) is 0 Å². The zero-order chi connectivity index (χ0) is 37.5. The molecule has 0 aliphatic heterocycles. The zero-order valence-electron chi connectivity index (χ0n) is 30.6. The summed E-state index contributed by atoms with van der Waals surface area (Å²) in [5, 5.41) is 5.64. The summed E-state index contributed by atoms with van der Waals surface area (Å²) in [6, 6.07) is 66.6. The van der Waals surface area contributed by atoms with Crippen molar-refractivity contribution >= 4 is 75.4 Å². The van der Waals surface area contributed by atoms with Gasteiger partial charge >= 0.3 is 0 Å². The molecule has 4 nitrogen and oxygen atoms in total. The summed E-state index contributed by atoms with van der Waals surface area (Å²) in [6.07, 6.45) is 0. The third-order valence-electron chi connectivity index (χ3n) is 11.2. The highest BCUT2D eigenvalue weighted by Crippen LogP contribution is 2.47. The van der Waals surface area contributed by atoms with Crippen LogP contribution in [0.25, 0.3) is 115 Å². The summed E-state index contributed by atoms with van der Waals surface area (Å²) in [4.78, 5) is 10.7. The number of thiophene rings is 1. The number of benzene rings is 8. The number of para-hydroxylation sites is 2. The van der Waals surface area contributed by atoms with Crippen LogP contribution in [0.5, 0.6) is 0 Å². The van der Waals surface area contributed by atoms with Crippen LogP contribution in [0.15, 0.2) is 192 Å². The minimum absolute atomic E-state index is 0.713. The van der Waals surface area contributed by atoms with E-state index in [1.165, 1.54) is 4.70 Å². The maximum Gasteiger partial charge on any atom is 0.160 e. The maximum atomic E-state index is 6.72. The van der Waals surface area contributed by atoms with Gasteiger partial charge in [0.15, 0.2) is 5.82 Å². The summed E-state index contributed by atoms with van der Waals surface area (Å²) in [5.74, 6) is 0.713. The minimum Gasteiger partial charge on any atom is -0.455 e. The minimum atomic E-state index is 0.713. The molecule has 0 radical (unpaired) electrons. The molecule has 12 aromatic rings. The molecule has 0 aliphatic carbocycles. The molecule has 12 rings (SSSR count). The van der Waals surface area contributed by atoms with E-state index in [0.717, 1.165) is 104 Å². The van der Waals surface area contributed by atoms with Crippen molar-refractivity contribution in [3.63, 3.8) is 0 Å². The molecule has 8 aromatic carbocycles. The molecule has 266 valence electrons. The molecule has 0 amide bonds. The lowest BCUT2D eigenvalue weighted by Crippen LogP contribution is -2.02. The Labute approximate surface area is 331 Å². The van der Waals surface area contributed by atoms with E-state index in [1.807, 2.05) is 12.1 Å². The average molecular weight is 746 g/mol. The number of hydrogen-bond donors (Lipinski definition) is 0. The van der Waals surface area contributed by atoms with Crippen LogP contribution in [-0.4, -0.2) is 14.5 Å². The van der Waals surface area contributed by atoms with Crippen LogP contribution in [0.1, 0.15) is 0 Å². The third kappa shape index (κ3) is 4.93. The summed E-state index contributed by atoms with van der Waals surface area (Å²) >= 11 is 1.76. The highest BCUT2D eigenvalue weighted by Gasteiger charge is 2.25. The van der Waals surface area contributed by atoms with Gasteiger partial charge < -0.3 is 8.98 Å². The molecular formula is C52H31N3OS. The first-order valence-electron chi connectivity index (χ1n) is 19.2. The second kappa shape index (κ2) is 12.6. The molecule has 5 heteroatoms. The van der Waals surface area contributed by atoms with E-state index in [9.17, 15) is 0 Å². The molecule has 4 heterocycles. The highest BCUT2D eigenvalue weighted by molar-refractivity contribution is 7.26. The van der Waals surface area contributed by atoms with Crippen molar-refractivity contribution in [1.29, 1.82) is 0 Å². The SMILES string of the molecule is c1ccc(-c2nc(-c3cc(-c4ccccc4)c(-n4c5ccccc5c5c6oc7ccccc7c6ccc54)c(-c4ccccc4)c3)c3sc4ccccc4c3n2)cc1. The molecule has 0 saturated carbocycles. The Morgan fingerprint density at radius 2 is 1.05 bits per heavy atom. The van der Waals surface area contributed by atoms with Gasteiger partial charge in [-0.1, -0.05) is 146 Å². The zero-order valence-corrected chi connectivity index (χ0v) is 31.4. The number of hydrogen-bond acceptors (Lipinski definition) is 4. The molecular weight excluding hydrogens is 715 g/mol. The van der Waals surface area contributed by atoms with Crippen molar-refractivity contribution in [2.75, 3.05) is 0 Å². The molecule has 0 N–H and O–H groups in total. The Hall–Kier alpha value is -7.34. The Balaban J connectivity index is 1.24. The maximum absolute atomic E-state index is 6.72. The largest absolute Gasteiger partial charge is 0.455 e. The van der Waals surface area contributed by atoms with Gasteiger partial charge in [0.05, 0.1) is 38.0 Å². The lowest BCUT2D eigenvalue weighted by Gasteiger charge is -2.21. The molecule has 0 fully saturated rings. The average Bonchev–Trinajstić information content (AvgIpc) is 3.96. The number of furan rings is 1. The smallest absolute Gasteiger partial charge is 0.160 e. The van der Waals surface area contributed by atoms with Crippen LogP contribution in [0.3, 0.4) is 0 Å². The van der Waals surface area contributed by atoms with Crippen LogP contribution < -0.4 is 0 Å². The number of nitrogens with zero attached hydrogens (tertiary/aromatic N) is 3. The summed E-state index contributed by atoms with van der Waals surface area (Å²) in [7, 11) is 0. The number of fused-ring (bicyclic) bond motifs is 10. The van der Waals surface area contributed by atoms with Crippen molar-refractivity contribution in [2.45, 2.75) is 0 Å². The Morgan fingerprint density at radius 3 is 1.77 bits per heavy atom. The third-order valence-corrected chi connectivity index (χ3v) is 12.4. The molecule has 0 aliphatic rings. The Morgan fingerprint density at radius 1 is 0.456 bits per heavy atom. The predicted octanol–water partition coefficient (Wildman–Crippen LogP) is 14.5. The van der Waals surface area contributed by atoms with Crippen LogP contribution in [0.4, 0.5) is 0 Å². The molecule has 0 unspecified atom stereocenters. The number of aromatic nitrogens is 3. The van der Waals surface area contributed by atoms with Gasteiger partial charge in [0, 0.05) is 48.5 Å². The van der Waals surface area contributed by atoms with E-state index in [2.05, 4.69) is 180 Å². The van der Waals surface area contributed by atoms with Gasteiger partial charge in [0.2, 0.25) is 0 Å². The van der Waals surface area contributed by atoms with Gasteiger partial charge in [-0.3, -0.25) is 0 Å². The first-order valence-corrected chi connectivity index (χ1v) is 20.0. The highest BCUT2D eigenvalue weighted by atomic mass is 32.1. The fourth-order valence-corrected chi connectivity index (χ4v) is 9.82. The van der Waals surface area contributed by atoms with E-state index in [1.54, 1.807) is 11.3 Å². The lowest BCUT2D eigenvalue weighted by atomic mass is 9.91. The van der Waals surface area contributed by atoms with Gasteiger partial charge in [-0.25, -0.2) is 9.97 Å². The molecule has 57 heavy (non-hydrogen) atoms. The summed E-state index contributed by atoms with van der Waals surface area (Å²) in [5.41, 5.74) is 13.5. The van der Waals surface area contributed by atoms with Gasteiger partial charge in [-0.15, -0.1) is 11.3 Å². The topological polar surface area (TPSA) is 43.9 Å². The predicted molar refractivity (Wildman–Crippen MR) is 238 cm³/mol. The number of rotatable bonds is 5. The fraction of sp³-hybridized carbons (Fsp3) is 0. The molecule has 0 bridgehead atoms. The van der Waals surface area contributed by atoms with Gasteiger partial charge in [0.1, 0.15) is 11.2 Å². The quantitative estimate of drug-likeness (QED) is 0.176. The van der Waals surface area contributed by atoms with Crippen molar-refractivity contribution in [3.05, 3.63) is 188 Å². The normalized spacial score (nSPS) is 11.9. The standard InChI is InChI=1S/C52H31N3OS/c1-4-16-32(17-5-1)40-30-35(47-51-48(39-24-12-15-27-45(39)57-51)54-52(53-47)34-20-8-3-9-21-34)31-41(33-18-6-2-7-19-33)49(40)55-42-25-13-10-23-38(42)46-43(55)29-28-37-36-22-11-14-26-44(36)56-50(37)46/h1-31H. The molecule has 4 aromatic heterocycles. The molecule has 0 saturated heterocycles. The monoisotopic (exact) mass is 745 g/mol. The lowest BCUT2D eigenvalue weighted by molar-refractivity contribution is 0.673. The van der Waals surface area contributed by atoms with E-state index in [4.69, 9.17) is 14.4 Å². The second-order valence-corrected chi connectivity index (χ2v) is 15.5. The second-order valence-electron chi connectivity index (χ2n) is 14.5. The van der Waals surface area contributed by atoms with Crippen LogP contribution in [-0.2, 0) is 0 Å². The van der Waals surface area contributed by atoms with Gasteiger partial charge in [0.25, 0.3) is 0 Å². The van der Waals surface area contributed by atoms with Crippen LogP contribution >= 0.6 is 11.3 Å². The van der Waals surface area contributed by atoms with Crippen molar-refractivity contribution < 1.29 is 4.42 Å². The van der Waals surface area contributed by atoms with Gasteiger partial charge in [-0.2, -0.15) is 0 Å². The fourth-order valence-electron chi connectivity index (χ4n) is 8.67.